The summed E-state index contributed by atoms with van der Waals surface area (Å²) >= 11 is 0. The van der Waals surface area contributed by atoms with Crippen LogP contribution in [0, 0.1) is 0 Å². The van der Waals surface area contributed by atoms with E-state index in [4.69, 9.17) is 24.3 Å². The van der Waals surface area contributed by atoms with Crippen LogP contribution >= 0.6 is 7.82 Å². The second-order valence-corrected chi connectivity index (χ2v) is 17.1. The number of ether oxygens (including phenoxy) is 2. The molecule has 0 aliphatic rings. The summed E-state index contributed by atoms with van der Waals surface area (Å²) in [5.74, 6) is -0.339. The van der Waals surface area contributed by atoms with Crippen LogP contribution in [0.2, 0.25) is 0 Å². The Bertz CT molecular complexity index is 1070. The molecule has 0 fully saturated rings. The first-order chi connectivity index (χ1) is 28.4. The van der Waals surface area contributed by atoms with Gasteiger partial charge >= 0.3 is 13.8 Å². The van der Waals surface area contributed by atoms with E-state index in [-0.39, 0.29) is 32.3 Å². The molecule has 0 bridgehead atoms. The minimum absolute atomic E-state index is 0.0955. The van der Waals surface area contributed by atoms with Crippen molar-refractivity contribution in [2.75, 3.05) is 33.0 Å². The van der Waals surface area contributed by atoms with Crippen molar-refractivity contribution in [1.29, 1.82) is 0 Å². The van der Waals surface area contributed by atoms with Crippen LogP contribution in [-0.4, -0.2) is 49.9 Å². The van der Waals surface area contributed by atoms with Gasteiger partial charge in [0.25, 0.3) is 0 Å². The zero-order chi connectivity index (χ0) is 42.3. The zero-order valence-corrected chi connectivity index (χ0v) is 38.4. The summed E-state index contributed by atoms with van der Waals surface area (Å²) in [7, 11) is -4.29. The second kappa shape index (κ2) is 46.3. The Labute approximate surface area is 357 Å². The molecular formula is C49H90NO7P. The molecule has 0 saturated heterocycles. The fraction of sp³-hybridized carbons (Fsp3) is 0.776. The number of nitrogens with two attached hydrogens (primary N) is 1. The molecular weight excluding hydrogens is 746 g/mol. The Morgan fingerprint density at radius 1 is 0.517 bits per heavy atom. The molecule has 0 heterocycles. The maximum atomic E-state index is 12.6. The van der Waals surface area contributed by atoms with E-state index in [1.54, 1.807) is 0 Å². The lowest BCUT2D eigenvalue weighted by molar-refractivity contribution is -0.154. The lowest BCUT2D eigenvalue weighted by atomic mass is 10.1. The molecule has 3 N–H and O–H groups in total. The minimum Gasteiger partial charge on any atom is -0.457 e. The summed E-state index contributed by atoms with van der Waals surface area (Å²) in [6.45, 7) is 4.85. The average Bonchev–Trinajstić information content (AvgIpc) is 3.21. The Morgan fingerprint density at radius 2 is 0.914 bits per heavy atom. The Morgan fingerprint density at radius 3 is 1.36 bits per heavy atom. The van der Waals surface area contributed by atoms with E-state index in [2.05, 4.69) is 74.6 Å². The van der Waals surface area contributed by atoms with E-state index in [1.807, 2.05) is 0 Å². The third-order valence-corrected chi connectivity index (χ3v) is 10.9. The summed E-state index contributed by atoms with van der Waals surface area (Å²) in [6.07, 6.45) is 56.6. The van der Waals surface area contributed by atoms with Crippen molar-refractivity contribution in [3.05, 3.63) is 60.8 Å². The van der Waals surface area contributed by atoms with Gasteiger partial charge in [-0.1, -0.05) is 177 Å². The van der Waals surface area contributed by atoms with Gasteiger partial charge in [-0.15, -0.1) is 0 Å². The molecule has 58 heavy (non-hydrogen) atoms. The molecule has 0 radical (unpaired) electrons. The Hall–Kier alpha value is -1.80. The third-order valence-electron chi connectivity index (χ3n) is 9.91. The lowest BCUT2D eigenvalue weighted by Gasteiger charge is -2.20. The Kier molecular flexibility index (Phi) is 44.8. The van der Waals surface area contributed by atoms with Crippen molar-refractivity contribution in [2.45, 2.75) is 213 Å². The van der Waals surface area contributed by atoms with Crippen molar-refractivity contribution >= 4 is 13.8 Å². The highest BCUT2D eigenvalue weighted by molar-refractivity contribution is 7.47. The van der Waals surface area contributed by atoms with Gasteiger partial charge in [0.1, 0.15) is 6.10 Å². The first kappa shape index (κ1) is 56.2. The molecule has 0 saturated carbocycles. The number of phosphoric ester groups is 1. The van der Waals surface area contributed by atoms with E-state index in [0.29, 0.717) is 13.0 Å². The number of phosphoric acid groups is 1. The third kappa shape index (κ3) is 45.3. The standard InChI is InChI=1S/C49H90NO7P/c1-3-5-7-9-11-13-15-17-19-21-23-25-27-29-31-33-35-37-39-41-44-54-46-48(47-56-58(52,53)55-45-43-50)57-49(51)42-40-38-36-34-32-30-28-26-24-22-20-18-16-14-12-10-8-6-4-2/h11-14,17-20,23,25,48H,3-10,15-16,21-22,24,26-47,50H2,1-2H3,(H,52,53)/b13-11-,14-12-,19-17-,20-18-,25-23-. The first-order valence-electron chi connectivity index (χ1n) is 23.8. The number of esters is 1. The molecule has 9 heteroatoms. The predicted octanol–water partition coefficient (Wildman–Crippen LogP) is 14.5. The number of allylic oxidation sites excluding steroid dienone is 10. The first-order valence-corrected chi connectivity index (χ1v) is 25.3. The molecule has 2 unspecified atom stereocenters. The normalized spacial score (nSPS) is 13.9. The van der Waals surface area contributed by atoms with Crippen molar-refractivity contribution in [3.8, 4) is 0 Å². The zero-order valence-electron chi connectivity index (χ0n) is 37.5. The van der Waals surface area contributed by atoms with Gasteiger partial charge in [0.05, 0.1) is 19.8 Å². The molecule has 0 aliphatic heterocycles. The summed E-state index contributed by atoms with van der Waals surface area (Å²) in [5, 5.41) is 0. The number of hydrogen-bond acceptors (Lipinski definition) is 7. The van der Waals surface area contributed by atoms with Crippen molar-refractivity contribution in [1.82, 2.24) is 0 Å². The number of rotatable bonds is 45. The molecule has 0 aromatic rings. The summed E-state index contributed by atoms with van der Waals surface area (Å²) in [5.41, 5.74) is 5.38. The van der Waals surface area contributed by atoms with E-state index >= 15 is 0 Å². The highest BCUT2D eigenvalue weighted by atomic mass is 31.2. The molecule has 0 aliphatic carbocycles. The Balaban J connectivity index is 4.02. The van der Waals surface area contributed by atoms with Crippen LogP contribution < -0.4 is 5.73 Å². The van der Waals surface area contributed by atoms with Crippen LogP contribution in [-0.2, 0) is 27.9 Å². The largest absolute Gasteiger partial charge is 0.472 e. The summed E-state index contributed by atoms with van der Waals surface area (Å²) in [6, 6.07) is 0. The predicted molar refractivity (Wildman–Crippen MR) is 247 cm³/mol. The smallest absolute Gasteiger partial charge is 0.457 e. The summed E-state index contributed by atoms with van der Waals surface area (Å²) in [4.78, 5) is 22.5. The topological polar surface area (TPSA) is 117 Å². The molecule has 0 spiro atoms. The van der Waals surface area contributed by atoms with Crippen LogP contribution in [0.4, 0.5) is 0 Å². The van der Waals surface area contributed by atoms with Crippen LogP contribution in [0.1, 0.15) is 206 Å². The number of carbonyl (C=O) groups is 1. The van der Waals surface area contributed by atoms with Crippen LogP contribution in [0.15, 0.2) is 60.8 Å². The highest BCUT2D eigenvalue weighted by Crippen LogP contribution is 2.43. The molecule has 0 amide bonds. The van der Waals surface area contributed by atoms with E-state index in [0.717, 1.165) is 57.8 Å². The number of carbonyl (C=O) groups excluding carboxylic acids is 1. The number of hydrogen-bond donors (Lipinski definition) is 2. The van der Waals surface area contributed by atoms with E-state index in [1.165, 1.54) is 128 Å². The van der Waals surface area contributed by atoms with Crippen molar-refractivity contribution < 1.29 is 32.8 Å². The van der Waals surface area contributed by atoms with Crippen molar-refractivity contribution in [3.63, 3.8) is 0 Å². The van der Waals surface area contributed by atoms with E-state index < -0.39 is 13.9 Å². The lowest BCUT2D eigenvalue weighted by Crippen LogP contribution is -2.28. The molecule has 8 nitrogen and oxygen atoms in total. The molecule has 0 aromatic carbocycles. The van der Waals surface area contributed by atoms with Crippen LogP contribution in [0.3, 0.4) is 0 Å². The van der Waals surface area contributed by atoms with Gasteiger partial charge in [0, 0.05) is 19.6 Å². The molecule has 0 rings (SSSR count). The van der Waals surface area contributed by atoms with Gasteiger partial charge in [-0.25, -0.2) is 4.57 Å². The fourth-order valence-corrected chi connectivity index (χ4v) is 7.15. The van der Waals surface area contributed by atoms with Crippen LogP contribution in [0.25, 0.3) is 0 Å². The van der Waals surface area contributed by atoms with E-state index in [9.17, 15) is 14.3 Å². The maximum absolute atomic E-state index is 12.6. The van der Waals surface area contributed by atoms with Gasteiger partial charge < -0.3 is 20.1 Å². The van der Waals surface area contributed by atoms with Crippen molar-refractivity contribution in [2.24, 2.45) is 5.73 Å². The molecule has 0 aromatic heterocycles. The molecule has 338 valence electrons. The SMILES string of the molecule is CCCCC/C=C\C/C=C\C/C=C\CCCCCCCCCOCC(COP(=O)(O)OCCN)OC(=O)CCCCCCCCCCC/C=C\C/C=C\CCCCC. The van der Waals surface area contributed by atoms with Gasteiger partial charge in [-0.3, -0.25) is 13.8 Å². The van der Waals surface area contributed by atoms with Crippen LogP contribution in [0.5, 0.6) is 0 Å². The molecule has 2 atom stereocenters. The highest BCUT2D eigenvalue weighted by Gasteiger charge is 2.25. The van der Waals surface area contributed by atoms with Gasteiger partial charge in [0.15, 0.2) is 0 Å². The second-order valence-electron chi connectivity index (χ2n) is 15.6. The van der Waals surface area contributed by atoms with Gasteiger partial charge in [-0.2, -0.15) is 0 Å². The van der Waals surface area contributed by atoms with Gasteiger partial charge in [0.2, 0.25) is 0 Å². The van der Waals surface area contributed by atoms with Gasteiger partial charge in [-0.05, 0) is 83.5 Å². The number of unbranched alkanes of at least 4 members (excludes halogenated alkanes) is 22. The fourth-order valence-electron chi connectivity index (χ4n) is 6.39. The summed E-state index contributed by atoms with van der Waals surface area (Å²) < 4.78 is 33.5. The quantitative estimate of drug-likeness (QED) is 0.0269. The maximum Gasteiger partial charge on any atom is 0.472 e. The monoisotopic (exact) mass is 836 g/mol. The minimum atomic E-state index is -4.29. The average molecular weight is 836 g/mol.